The topological polar surface area (TPSA) is 47.6 Å². The second-order valence-corrected chi connectivity index (χ2v) is 5.64. The largest absolute Gasteiger partial charge is 0.494 e. The van der Waals surface area contributed by atoms with Crippen LogP contribution in [-0.4, -0.2) is 12.5 Å². The van der Waals surface area contributed by atoms with Crippen molar-refractivity contribution in [1.82, 2.24) is 5.48 Å². The van der Waals surface area contributed by atoms with Gasteiger partial charge in [-0.2, -0.15) is 0 Å². The molecule has 0 spiro atoms. The Bertz CT molecular complexity index is 596. The van der Waals surface area contributed by atoms with Crippen LogP contribution in [0, 0.1) is 0 Å². The van der Waals surface area contributed by atoms with Gasteiger partial charge in [0.05, 0.1) is 13.2 Å². The van der Waals surface area contributed by atoms with Gasteiger partial charge in [0.25, 0.3) is 5.91 Å². The quantitative estimate of drug-likeness (QED) is 0.516. The Kier molecular flexibility index (Phi) is 7.84. The Morgan fingerprint density at radius 1 is 0.958 bits per heavy atom. The Morgan fingerprint density at radius 2 is 1.71 bits per heavy atom. The highest BCUT2D eigenvalue weighted by molar-refractivity contribution is 5.93. The molecule has 0 aliphatic carbocycles. The molecule has 4 heteroatoms. The smallest absolute Gasteiger partial charge is 0.274 e. The van der Waals surface area contributed by atoms with E-state index in [1.54, 1.807) is 12.1 Å². The fourth-order valence-electron chi connectivity index (χ4n) is 2.24. The number of rotatable bonds is 10. The second kappa shape index (κ2) is 10.4. The van der Waals surface area contributed by atoms with E-state index in [1.165, 1.54) is 19.3 Å². The van der Waals surface area contributed by atoms with Crippen molar-refractivity contribution in [3.05, 3.63) is 65.7 Å². The van der Waals surface area contributed by atoms with Crippen molar-refractivity contribution in [1.29, 1.82) is 0 Å². The second-order valence-electron chi connectivity index (χ2n) is 5.64. The average molecular weight is 327 g/mol. The molecule has 0 atom stereocenters. The summed E-state index contributed by atoms with van der Waals surface area (Å²) in [4.78, 5) is 17.2. The van der Waals surface area contributed by atoms with Crippen LogP contribution < -0.4 is 10.2 Å². The molecule has 1 N–H and O–H groups in total. The van der Waals surface area contributed by atoms with Gasteiger partial charge in [-0.3, -0.25) is 9.63 Å². The standard InChI is InChI=1S/C20H25NO3/c1-2-3-4-8-15-23-19-13-11-18(12-14-19)20(22)21-24-16-17-9-6-5-7-10-17/h5-7,9-14H,2-4,8,15-16H2,1H3,(H,21,22). The summed E-state index contributed by atoms with van der Waals surface area (Å²) in [7, 11) is 0. The van der Waals surface area contributed by atoms with E-state index in [0.717, 1.165) is 17.7 Å². The zero-order chi connectivity index (χ0) is 17.0. The minimum atomic E-state index is -0.263. The molecule has 0 radical (unpaired) electrons. The normalized spacial score (nSPS) is 10.4. The fraction of sp³-hybridized carbons (Fsp3) is 0.350. The van der Waals surface area contributed by atoms with Crippen LogP contribution in [0.5, 0.6) is 5.75 Å². The van der Waals surface area contributed by atoms with Gasteiger partial charge in [0, 0.05) is 5.56 Å². The first-order valence-electron chi connectivity index (χ1n) is 8.48. The van der Waals surface area contributed by atoms with Crippen LogP contribution in [0.3, 0.4) is 0 Å². The predicted octanol–water partition coefficient (Wildman–Crippen LogP) is 4.51. The van der Waals surface area contributed by atoms with E-state index in [9.17, 15) is 4.79 Å². The third kappa shape index (κ3) is 6.42. The third-order valence-corrected chi connectivity index (χ3v) is 3.63. The highest BCUT2D eigenvalue weighted by Gasteiger charge is 2.05. The first kappa shape index (κ1) is 18.0. The number of unbranched alkanes of at least 4 members (excludes halogenated alkanes) is 3. The molecule has 0 aromatic heterocycles. The van der Waals surface area contributed by atoms with Gasteiger partial charge in [-0.1, -0.05) is 56.5 Å². The van der Waals surface area contributed by atoms with Crippen molar-refractivity contribution in [2.24, 2.45) is 0 Å². The molecule has 24 heavy (non-hydrogen) atoms. The van der Waals surface area contributed by atoms with Crippen molar-refractivity contribution < 1.29 is 14.4 Å². The monoisotopic (exact) mass is 327 g/mol. The zero-order valence-electron chi connectivity index (χ0n) is 14.2. The van der Waals surface area contributed by atoms with Gasteiger partial charge >= 0.3 is 0 Å². The number of hydrogen-bond acceptors (Lipinski definition) is 3. The lowest BCUT2D eigenvalue weighted by Gasteiger charge is -2.08. The van der Waals surface area contributed by atoms with Gasteiger partial charge in [0.15, 0.2) is 0 Å². The Balaban J connectivity index is 1.70. The van der Waals surface area contributed by atoms with Crippen molar-refractivity contribution in [3.63, 3.8) is 0 Å². The van der Waals surface area contributed by atoms with Crippen molar-refractivity contribution in [3.8, 4) is 5.75 Å². The number of hydroxylamine groups is 1. The number of ether oxygens (including phenoxy) is 1. The first-order valence-corrected chi connectivity index (χ1v) is 8.48. The number of carbonyl (C=O) groups is 1. The lowest BCUT2D eigenvalue weighted by atomic mass is 10.2. The molecule has 0 saturated carbocycles. The van der Waals surface area contributed by atoms with E-state index in [0.29, 0.717) is 18.8 Å². The van der Waals surface area contributed by atoms with Crippen LogP contribution in [0.4, 0.5) is 0 Å². The van der Waals surface area contributed by atoms with Gasteiger partial charge < -0.3 is 4.74 Å². The first-order chi connectivity index (χ1) is 11.8. The molecule has 1 amide bonds. The van der Waals surface area contributed by atoms with E-state index in [4.69, 9.17) is 9.57 Å². The molecular formula is C20H25NO3. The van der Waals surface area contributed by atoms with Gasteiger partial charge in [-0.05, 0) is 36.2 Å². The van der Waals surface area contributed by atoms with Gasteiger partial charge in [0.2, 0.25) is 0 Å². The van der Waals surface area contributed by atoms with Crippen LogP contribution in [0.25, 0.3) is 0 Å². The Labute approximate surface area is 143 Å². The van der Waals surface area contributed by atoms with Crippen molar-refractivity contribution >= 4 is 5.91 Å². The molecule has 0 heterocycles. The lowest BCUT2D eigenvalue weighted by Crippen LogP contribution is -2.23. The lowest BCUT2D eigenvalue weighted by molar-refractivity contribution is 0.0233. The molecule has 0 aliphatic rings. The minimum Gasteiger partial charge on any atom is -0.494 e. The predicted molar refractivity (Wildman–Crippen MR) is 94.8 cm³/mol. The summed E-state index contributed by atoms with van der Waals surface area (Å²) in [5, 5.41) is 0. The molecule has 0 aliphatic heterocycles. The highest BCUT2D eigenvalue weighted by atomic mass is 16.6. The van der Waals surface area contributed by atoms with Gasteiger partial charge in [0.1, 0.15) is 5.75 Å². The van der Waals surface area contributed by atoms with E-state index < -0.39 is 0 Å². The summed E-state index contributed by atoms with van der Waals surface area (Å²) in [5.41, 5.74) is 4.00. The van der Waals surface area contributed by atoms with Crippen LogP contribution >= 0.6 is 0 Å². The molecule has 2 aromatic carbocycles. The number of carbonyl (C=O) groups excluding carboxylic acids is 1. The Morgan fingerprint density at radius 3 is 2.42 bits per heavy atom. The molecule has 0 unspecified atom stereocenters. The van der Waals surface area contributed by atoms with Gasteiger partial charge in [-0.15, -0.1) is 0 Å². The molecular weight excluding hydrogens is 302 g/mol. The van der Waals surface area contributed by atoms with Crippen molar-refractivity contribution in [2.75, 3.05) is 6.61 Å². The summed E-state index contributed by atoms with van der Waals surface area (Å²) < 4.78 is 5.66. The van der Waals surface area contributed by atoms with E-state index in [2.05, 4.69) is 12.4 Å². The maximum Gasteiger partial charge on any atom is 0.274 e. The molecule has 0 bridgehead atoms. The summed E-state index contributed by atoms with van der Waals surface area (Å²) >= 11 is 0. The molecule has 128 valence electrons. The van der Waals surface area contributed by atoms with Crippen LogP contribution in [0.2, 0.25) is 0 Å². The van der Waals surface area contributed by atoms with Crippen molar-refractivity contribution in [2.45, 2.75) is 39.2 Å². The van der Waals surface area contributed by atoms with Gasteiger partial charge in [-0.25, -0.2) is 5.48 Å². The number of hydrogen-bond donors (Lipinski definition) is 1. The summed E-state index contributed by atoms with van der Waals surface area (Å²) in [6.07, 6.45) is 4.71. The summed E-state index contributed by atoms with van der Waals surface area (Å²) in [6.45, 7) is 3.24. The summed E-state index contributed by atoms with van der Waals surface area (Å²) in [6, 6.07) is 16.8. The van der Waals surface area contributed by atoms with Crippen LogP contribution in [0.1, 0.15) is 48.5 Å². The molecule has 4 nitrogen and oxygen atoms in total. The highest BCUT2D eigenvalue weighted by Crippen LogP contribution is 2.13. The number of nitrogens with one attached hydrogen (secondary N) is 1. The average Bonchev–Trinajstić information content (AvgIpc) is 2.63. The maximum absolute atomic E-state index is 12.0. The zero-order valence-corrected chi connectivity index (χ0v) is 14.2. The van der Waals surface area contributed by atoms with E-state index >= 15 is 0 Å². The molecule has 0 saturated heterocycles. The maximum atomic E-state index is 12.0. The van der Waals surface area contributed by atoms with E-state index in [-0.39, 0.29) is 5.91 Å². The fourth-order valence-corrected chi connectivity index (χ4v) is 2.24. The number of amides is 1. The minimum absolute atomic E-state index is 0.263. The molecule has 0 fully saturated rings. The van der Waals surface area contributed by atoms with E-state index in [1.807, 2.05) is 42.5 Å². The van der Waals surface area contributed by atoms with Crippen LogP contribution in [0.15, 0.2) is 54.6 Å². The summed E-state index contributed by atoms with van der Waals surface area (Å²) in [5.74, 6) is 0.522. The third-order valence-electron chi connectivity index (χ3n) is 3.63. The number of benzene rings is 2. The molecule has 2 aromatic rings. The Hall–Kier alpha value is -2.33. The van der Waals surface area contributed by atoms with Crippen LogP contribution in [-0.2, 0) is 11.4 Å². The molecule has 2 rings (SSSR count). The SMILES string of the molecule is CCCCCCOc1ccc(C(=O)NOCc2ccccc2)cc1.